The van der Waals surface area contributed by atoms with Crippen molar-refractivity contribution in [3.8, 4) is 11.5 Å². The molecule has 1 aromatic carbocycles. The van der Waals surface area contributed by atoms with Crippen LogP contribution in [0.1, 0.15) is 38.7 Å². The Morgan fingerprint density at radius 2 is 2.00 bits per heavy atom. The average Bonchev–Trinajstić information content (AvgIpc) is 3.11. The minimum atomic E-state index is -0.433. The van der Waals surface area contributed by atoms with E-state index in [-0.39, 0.29) is 24.0 Å². The lowest BCUT2D eigenvalue weighted by molar-refractivity contribution is -0.149. The van der Waals surface area contributed by atoms with Crippen LogP contribution in [0.25, 0.3) is 0 Å². The van der Waals surface area contributed by atoms with Gasteiger partial charge < -0.3 is 19.1 Å². The van der Waals surface area contributed by atoms with E-state index in [0.29, 0.717) is 24.5 Å². The van der Waals surface area contributed by atoms with Crippen LogP contribution in [0.5, 0.6) is 11.5 Å². The quantitative estimate of drug-likeness (QED) is 0.765. The molecular formula is C19H25NO5. The largest absolute Gasteiger partial charge is 0.493 e. The van der Waals surface area contributed by atoms with E-state index >= 15 is 0 Å². The van der Waals surface area contributed by atoms with Crippen LogP contribution in [0.3, 0.4) is 0 Å². The number of esters is 1. The van der Waals surface area contributed by atoms with E-state index in [1.807, 2.05) is 23.1 Å². The maximum absolute atomic E-state index is 12.3. The summed E-state index contributed by atoms with van der Waals surface area (Å²) in [7, 11) is 3.20. The van der Waals surface area contributed by atoms with Crippen LogP contribution in [0.15, 0.2) is 18.2 Å². The highest BCUT2D eigenvalue weighted by Crippen LogP contribution is 2.50. The van der Waals surface area contributed by atoms with Crippen LogP contribution >= 0.6 is 0 Å². The van der Waals surface area contributed by atoms with Gasteiger partial charge in [-0.1, -0.05) is 13.0 Å². The number of hydrogen-bond acceptors (Lipinski definition) is 5. The lowest BCUT2D eigenvalue weighted by atomic mass is 9.69. The summed E-state index contributed by atoms with van der Waals surface area (Å²) in [6.07, 6.45) is 1.72. The molecule has 0 spiro atoms. The van der Waals surface area contributed by atoms with E-state index in [9.17, 15) is 9.59 Å². The van der Waals surface area contributed by atoms with Crippen LogP contribution < -0.4 is 9.47 Å². The Bertz CT molecular complexity index is 688. The van der Waals surface area contributed by atoms with Gasteiger partial charge in [-0.3, -0.25) is 9.59 Å². The summed E-state index contributed by atoms with van der Waals surface area (Å²) in [4.78, 5) is 25.9. The topological polar surface area (TPSA) is 65.1 Å². The van der Waals surface area contributed by atoms with Gasteiger partial charge in [-0.05, 0) is 30.5 Å². The Hall–Kier alpha value is -2.24. The van der Waals surface area contributed by atoms with Gasteiger partial charge in [0, 0.05) is 19.4 Å². The zero-order valence-corrected chi connectivity index (χ0v) is 15.2. The molecule has 0 unspecified atom stereocenters. The summed E-state index contributed by atoms with van der Waals surface area (Å²) in [5.74, 6) is 1.10. The summed E-state index contributed by atoms with van der Waals surface area (Å²) >= 11 is 0. The molecule has 6 heteroatoms. The van der Waals surface area contributed by atoms with Gasteiger partial charge in [0.25, 0.3) is 0 Å². The fraction of sp³-hybridized carbons (Fsp3) is 0.579. The smallest absolute Gasteiger partial charge is 0.302 e. The van der Waals surface area contributed by atoms with Crippen molar-refractivity contribution in [3.05, 3.63) is 23.8 Å². The number of nitrogens with zero attached hydrogens (tertiary/aromatic N) is 1. The minimum Gasteiger partial charge on any atom is -0.493 e. The van der Waals surface area contributed by atoms with Crippen molar-refractivity contribution in [2.45, 2.75) is 50.7 Å². The highest BCUT2D eigenvalue weighted by Gasteiger charge is 2.59. The fourth-order valence-corrected chi connectivity index (χ4v) is 4.57. The third kappa shape index (κ3) is 2.64. The van der Waals surface area contributed by atoms with Crippen molar-refractivity contribution in [2.75, 3.05) is 20.8 Å². The van der Waals surface area contributed by atoms with Crippen LogP contribution in [0.4, 0.5) is 0 Å². The number of carbonyl (C=O) groups is 2. The molecule has 3 rings (SSSR count). The SMILES string of the molecule is CC[C@@]1(c2ccc(OC)c(OC)c2)[C@@H](OC(C)=O)CN2C(=O)CC[C@@H]21. The predicted molar refractivity (Wildman–Crippen MR) is 91.8 cm³/mol. The summed E-state index contributed by atoms with van der Waals surface area (Å²) < 4.78 is 16.5. The first kappa shape index (κ1) is 17.6. The maximum atomic E-state index is 12.3. The summed E-state index contributed by atoms with van der Waals surface area (Å²) in [5.41, 5.74) is 0.582. The van der Waals surface area contributed by atoms with Gasteiger partial charge >= 0.3 is 5.97 Å². The molecule has 0 aromatic heterocycles. The molecule has 2 aliphatic heterocycles. The van der Waals surface area contributed by atoms with Crippen molar-refractivity contribution in [1.29, 1.82) is 0 Å². The van der Waals surface area contributed by atoms with Crippen LogP contribution in [0.2, 0.25) is 0 Å². The zero-order valence-electron chi connectivity index (χ0n) is 15.2. The van der Waals surface area contributed by atoms with Crippen molar-refractivity contribution in [3.63, 3.8) is 0 Å². The molecule has 3 atom stereocenters. The highest BCUT2D eigenvalue weighted by atomic mass is 16.5. The van der Waals surface area contributed by atoms with Gasteiger partial charge in [0.2, 0.25) is 5.91 Å². The second-order valence-corrected chi connectivity index (χ2v) is 6.66. The number of ether oxygens (including phenoxy) is 3. The molecule has 0 N–H and O–H groups in total. The van der Waals surface area contributed by atoms with Crippen molar-refractivity contribution >= 4 is 11.9 Å². The summed E-state index contributed by atoms with van der Waals surface area (Å²) in [6.45, 7) is 3.95. The Morgan fingerprint density at radius 3 is 2.60 bits per heavy atom. The Balaban J connectivity index is 2.11. The van der Waals surface area contributed by atoms with E-state index in [4.69, 9.17) is 14.2 Å². The van der Waals surface area contributed by atoms with E-state index in [2.05, 4.69) is 6.92 Å². The third-order valence-electron chi connectivity index (χ3n) is 5.67. The van der Waals surface area contributed by atoms with E-state index < -0.39 is 5.41 Å². The Labute approximate surface area is 148 Å². The van der Waals surface area contributed by atoms with Crippen molar-refractivity contribution < 1.29 is 23.8 Å². The number of benzene rings is 1. The molecule has 1 amide bonds. The molecule has 2 heterocycles. The fourth-order valence-electron chi connectivity index (χ4n) is 4.57. The average molecular weight is 347 g/mol. The molecule has 2 saturated heterocycles. The maximum Gasteiger partial charge on any atom is 0.302 e. The molecule has 0 bridgehead atoms. The number of fused-ring (bicyclic) bond motifs is 1. The molecule has 136 valence electrons. The molecule has 6 nitrogen and oxygen atoms in total. The molecule has 0 saturated carbocycles. The molecule has 2 aliphatic rings. The Kier molecular flexibility index (Phi) is 4.62. The monoisotopic (exact) mass is 347 g/mol. The summed E-state index contributed by atoms with van der Waals surface area (Å²) in [6, 6.07) is 5.85. The number of amides is 1. The van der Waals surface area contributed by atoms with Gasteiger partial charge in [-0.2, -0.15) is 0 Å². The molecule has 2 fully saturated rings. The molecule has 25 heavy (non-hydrogen) atoms. The summed E-state index contributed by atoms with van der Waals surface area (Å²) in [5, 5.41) is 0. The highest BCUT2D eigenvalue weighted by molar-refractivity contribution is 5.80. The van der Waals surface area contributed by atoms with E-state index in [1.54, 1.807) is 14.2 Å². The van der Waals surface area contributed by atoms with Gasteiger partial charge in [0.05, 0.1) is 26.2 Å². The first-order chi connectivity index (χ1) is 12.0. The first-order valence-electron chi connectivity index (χ1n) is 8.67. The standard InChI is InChI=1S/C19H25NO5/c1-5-19(13-6-7-14(23-3)15(10-13)24-4)16-8-9-18(22)20(16)11-17(19)25-12(2)21/h6-7,10,16-17H,5,8-9,11H2,1-4H3/t16-,17+,19+/m1/s1. The van der Waals surface area contributed by atoms with Crippen molar-refractivity contribution in [2.24, 2.45) is 0 Å². The molecular weight excluding hydrogens is 322 g/mol. The lowest BCUT2D eigenvalue weighted by Gasteiger charge is -2.38. The van der Waals surface area contributed by atoms with Gasteiger partial charge in [0.1, 0.15) is 6.10 Å². The Morgan fingerprint density at radius 1 is 1.28 bits per heavy atom. The molecule has 1 aromatic rings. The molecule has 0 aliphatic carbocycles. The van der Waals surface area contributed by atoms with Crippen LogP contribution in [-0.4, -0.2) is 49.7 Å². The second kappa shape index (κ2) is 6.58. The first-order valence-corrected chi connectivity index (χ1v) is 8.67. The van der Waals surface area contributed by atoms with E-state index in [1.165, 1.54) is 6.92 Å². The predicted octanol–water partition coefficient (Wildman–Crippen LogP) is 2.29. The third-order valence-corrected chi connectivity index (χ3v) is 5.67. The number of methoxy groups -OCH3 is 2. The number of carbonyl (C=O) groups excluding carboxylic acids is 2. The minimum absolute atomic E-state index is 0.0347. The van der Waals surface area contributed by atoms with Gasteiger partial charge in [-0.15, -0.1) is 0 Å². The van der Waals surface area contributed by atoms with Gasteiger partial charge in [-0.25, -0.2) is 0 Å². The zero-order chi connectivity index (χ0) is 18.2. The number of hydrogen-bond donors (Lipinski definition) is 0. The lowest BCUT2D eigenvalue weighted by Crippen LogP contribution is -2.46. The van der Waals surface area contributed by atoms with Crippen LogP contribution in [-0.2, 0) is 19.7 Å². The molecule has 0 radical (unpaired) electrons. The van der Waals surface area contributed by atoms with Crippen molar-refractivity contribution in [1.82, 2.24) is 4.90 Å². The number of rotatable bonds is 5. The second-order valence-electron chi connectivity index (χ2n) is 6.66. The van der Waals surface area contributed by atoms with Crippen LogP contribution in [0, 0.1) is 0 Å². The van der Waals surface area contributed by atoms with E-state index in [0.717, 1.165) is 18.4 Å². The van der Waals surface area contributed by atoms with Gasteiger partial charge in [0.15, 0.2) is 11.5 Å². The normalized spacial score (nSPS) is 28.0.